The zero-order valence-electron chi connectivity index (χ0n) is 61.6. The highest BCUT2D eigenvalue weighted by molar-refractivity contribution is 7.47. The number of aliphatic hydroxyl groups is 1. The number of ether oxygens (including phenoxy) is 4. The largest absolute Gasteiger partial charge is 0.472 e. The Balaban J connectivity index is 5.25. The summed E-state index contributed by atoms with van der Waals surface area (Å²) in [6, 6.07) is 0. The first-order valence-corrected chi connectivity index (χ1v) is 42.8. The molecule has 0 amide bonds. The lowest BCUT2D eigenvalue weighted by Gasteiger charge is -2.21. The summed E-state index contributed by atoms with van der Waals surface area (Å²) in [6.45, 7) is 5.00. The molecule has 95 heavy (non-hydrogen) atoms. The van der Waals surface area contributed by atoms with Crippen LogP contribution in [0.4, 0.5) is 0 Å². The molecule has 0 aromatic heterocycles. The summed E-state index contributed by atoms with van der Waals surface area (Å²) < 4.78 is 68.6. The van der Waals surface area contributed by atoms with Crippen LogP contribution in [0.1, 0.15) is 407 Å². The number of aliphatic hydroxyl groups excluding tert-OH is 1. The van der Waals surface area contributed by atoms with Crippen molar-refractivity contribution in [1.29, 1.82) is 0 Å². The lowest BCUT2D eigenvalue weighted by molar-refractivity contribution is -0.161. The maximum Gasteiger partial charge on any atom is 0.472 e. The Kier molecular flexibility index (Phi) is 69.1. The van der Waals surface area contributed by atoms with E-state index in [-0.39, 0.29) is 25.7 Å². The van der Waals surface area contributed by atoms with Gasteiger partial charge in [0.05, 0.1) is 26.4 Å². The van der Waals surface area contributed by atoms with Crippen molar-refractivity contribution in [3.8, 4) is 0 Å². The summed E-state index contributed by atoms with van der Waals surface area (Å²) >= 11 is 0. The smallest absolute Gasteiger partial charge is 0.462 e. The van der Waals surface area contributed by atoms with Crippen molar-refractivity contribution in [2.75, 3.05) is 39.6 Å². The SMILES string of the molecule is CCCCCCCCCCCCCCCCCCC(=O)O[C@H](COC(=O)CCCCCCCCCCCCCCCC)COP(=O)(O)OC[C@@H](O)COP(=O)(O)OC[C@@H](COC(=O)CCCCCCCCCCCCC)OC(=O)CCCCCCCCCCCCCCCC. The third-order valence-electron chi connectivity index (χ3n) is 17.9. The molecule has 17 nitrogen and oxygen atoms in total. The van der Waals surface area contributed by atoms with Crippen LogP contribution < -0.4 is 0 Å². The van der Waals surface area contributed by atoms with Gasteiger partial charge in [-0.1, -0.05) is 355 Å². The van der Waals surface area contributed by atoms with Crippen LogP contribution in [0.3, 0.4) is 0 Å². The number of phosphoric ester groups is 2. The number of unbranched alkanes of at least 4 members (excludes halogenated alkanes) is 51. The van der Waals surface area contributed by atoms with Crippen LogP contribution in [0.5, 0.6) is 0 Å². The van der Waals surface area contributed by atoms with Gasteiger partial charge in [-0.05, 0) is 25.7 Å². The molecule has 0 saturated heterocycles. The molecule has 0 aliphatic rings. The number of carbonyl (C=O) groups is 4. The molecular weight excluding hydrogens is 1250 g/mol. The second-order valence-electron chi connectivity index (χ2n) is 27.4. The molecule has 0 aliphatic heterocycles. The average Bonchev–Trinajstić information content (AvgIpc) is 1.45. The van der Waals surface area contributed by atoms with E-state index in [0.717, 1.165) is 89.9 Å². The fourth-order valence-electron chi connectivity index (χ4n) is 11.8. The van der Waals surface area contributed by atoms with E-state index >= 15 is 0 Å². The maximum atomic E-state index is 13.1. The van der Waals surface area contributed by atoms with Gasteiger partial charge in [-0.2, -0.15) is 0 Å². The van der Waals surface area contributed by atoms with Gasteiger partial charge in [0.25, 0.3) is 0 Å². The Hall–Kier alpha value is -1.94. The molecule has 0 rings (SSSR count). The van der Waals surface area contributed by atoms with E-state index in [1.165, 1.54) is 238 Å². The number of carbonyl (C=O) groups excluding carboxylic acids is 4. The standard InChI is InChI=1S/C76H148O17P2/c1-5-9-13-17-21-25-29-32-35-36-39-43-47-51-55-59-63-76(81)93-72(67-87-74(79)61-57-53-49-45-41-37-33-30-26-22-18-14-10-6-2)69-91-95(84,85)89-65-70(77)64-88-94(82,83)90-68-71(66-86-73(78)60-56-52-48-44-40-28-24-20-16-12-8-4)92-75(80)62-58-54-50-46-42-38-34-31-27-23-19-15-11-7-3/h70-72,77H,5-69H2,1-4H3,(H,82,83)(H,84,85)/t70-,71+,72+/m0/s1. The van der Waals surface area contributed by atoms with Gasteiger partial charge in [-0.3, -0.25) is 37.3 Å². The second-order valence-corrected chi connectivity index (χ2v) is 30.3. The van der Waals surface area contributed by atoms with Gasteiger partial charge in [-0.15, -0.1) is 0 Å². The lowest BCUT2D eigenvalue weighted by Crippen LogP contribution is -2.30. The van der Waals surface area contributed by atoms with E-state index in [2.05, 4.69) is 27.7 Å². The number of rotatable bonds is 77. The summed E-state index contributed by atoms with van der Waals surface area (Å²) in [5.74, 6) is -2.11. The molecular formula is C76H148O17P2. The highest BCUT2D eigenvalue weighted by Gasteiger charge is 2.30. The quantitative estimate of drug-likeness (QED) is 0.0222. The number of phosphoric acid groups is 2. The molecule has 0 aromatic carbocycles. The van der Waals surface area contributed by atoms with Crippen LogP contribution in [0.2, 0.25) is 0 Å². The molecule has 0 aromatic rings. The molecule has 3 N–H and O–H groups in total. The van der Waals surface area contributed by atoms with E-state index in [1.807, 2.05) is 0 Å². The van der Waals surface area contributed by atoms with Gasteiger partial charge in [0, 0.05) is 25.7 Å². The molecule has 19 heteroatoms. The molecule has 0 heterocycles. The Morgan fingerprint density at radius 2 is 0.421 bits per heavy atom. The third-order valence-corrected chi connectivity index (χ3v) is 19.8. The molecule has 0 spiro atoms. The molecule has 0 bridgehead atoms. The van der Waals surface area contributed by atoms with Crippen LogP contribution >= 0.6 is 15.6 Å². The Morgan fingerprint density at radius 3 is 0.621 bits per heavy atom. The summed E-state index contributed by atoms with van der Waals surface area (Å²) in [6.07, 6.45) is 60.8. The molecule has 0 radical (unpaired) electrons. The monoisotopic (exact) mass is 1400 g/mol. The number of hydrogen-bond acceptors (Lipinski definition) is 15. The number of esters is 4. The van der Waals surface area contributed by atoms with Crippen LogP contribution in [0, 0.1) is 0 Å². The van der Waals surface area contributed by atoms with Crippen LogP contribution in [0.25, 0.3) is 0 Å². The van der Waals surface area contributed by atoms with Crippen LogP contribution in [-0.4, -0.2) is 96.7 Å². The Morgan fingerprint density at radius 1 is 0.253 bits per heavy atom. The first kappa shape index (κ1) is 93.1. The van der Waals surface area contributed by atoms with Crippen molar-refractivity contribution in [3.63, 3.8) is 0 Å². The number of hydrogen-bond donors (Lipinski definition) is 3. The summed E-state index contributed by atoms with van der Waals surface area (Å²) in [7, 11) is -9.91. The predicted octanol–water partition coefficient (Wildman–Crippen LogP) is 22.6. The predicted molar refractivity (Wildman–Crippen MR) is 386 cm³/mol. The van der Waals surface area contributed by atoms with Crippen LogP contribution in [0.15, 0.2) is 0 Å². The first-order valence-electron chi connectivity index (χ1n) is 39.8. The summed E-state index contributed by atoms with van der Waals surface area (Å²) in [4.78, 5) is 72.8. The molecule has 564 valence electrons. The second kappa shape index (κ2) is 70.5. The molecule has 0 fully saturated rings. The zero-order chi connectivity index (χ0) is 69.7. The maximum absolute atomic E-state index is 13.1. The minimum Gasteiger partial charge on any atom is -0.462 e. The van der Waals surface area contributed by atoms with Crippen LogP contribution in [-0.2, 0) is 65.4 Å². The minimum atomic E-state index is -4.96. The van der Waals surface area contributed by atoms with Gasteiger partial charge >= 0.3 is 39.5 Å². The van der Waals surface area contributed by atoms with E-state index in [4.69, 9.17) is 37.0 Å². The van der Waals surface area contributed by atoms with Crippen molar-refractivity contribution in [1.82, 2.24) is 0 Å². The fourth-order valence-corrected chi connectivity index (χ4v) is 13.3. The highest BCUT2D eigenvalue weighted by Crippen LogP contribution is 2.45. The van der Waals surface area contributed by atoms with E-state index in [1.54, 1.807) is 0 Å². The van der Waals surface area contributed by atoms with E-state index in [0.29, 0.717) is 25.7 Å². The van der Waals surface area contributed by atoms with E-state index < -0.39 is 97.5 Å². The fraction of sp³-hybridized carbons (Fsp3) is 0.947. The Bertz CT molecular complexity index is 1810. The van der Waals surface area contributed by atoms with Crippen molar-refractivity contribution in [2.45, 2.75) is 425 Å². The molecule has 0 aliphatic carbocycles. The van der Waals surface area contributed by atoms with Crippen molar-refractivity contribution < 1.29 is 80.2 Å². The van der Waals surface area contributed by atoms with Crippen molar-refractivity contribution in [2.24, 2.45) is 0 Å². The van der Waals surface area contributed by atoms with Gasteiger partial charge in [0.15, 0.2) is 12.2 Å². The lowest BCUT2D eigenvalue weighted by atomic mass is 10.0. The average molecular weight is 1400 g/mol. The van der Waals surface area contributed by atoms with Crippen molar-refractivity contribution in [3.05, 3.63) is 0 Å². The third kappa shape index (κ3) is 70.3. The first-order chi connectivity index (χ1) is 46.2. The molecule has 2 unspecified atom stereocenters. The normalized spacial score (nSPS) is 13.9. The van der Waals surface area contributed by atoms with Crippen molar-refractivity contribution >= 4 is 39.5 Å². The zero-order valence-corrected chi connectivity index (χ0v) is 63.4. The van der Waals surface area contributed by atoms with Gasteiger partial charge in [-0.25, -0.2) is 9.13 Å². The summed E-state index contributed by atoms with van der Waals surface area (Å²) in [5.41, 5.74) is 0. The van der Waals surface area contributed by atoms with E-state index in [9.17, 15) is 43.2 Å². The minimum absolute atomic E-state index is 0.109. The highest BCUT2D eigenvalue weighted by atomic mass is 31.2. The summed E-state index contributed by atoms with van der Waals surface area (Å²) in [5, 5.41) is 10.6. The topological polar surface area (TPSA) is 237 Å². The van der Waals surface area contributed by atoms with Gasteiger partial charge < -0.3 is 33.8 Å². The molecule has 0 saturated carbocycles. The van der Waals surface area contributed by atoms with Gasteiger partial charge in [0.1, 0.15) is 19.3 Å². The molecule has 5 atom stereocenters. The Labute approximate surface area is 581 Å². The van der Waals surface area contributed by atoms with Gasteiger partial charge in [0.2, 0.25) is 0 Å².